The SMILES string of the molecule is CCOCCCN=C(N)NCCc1cc2ccccc2[nH]1.I. The number of nitrogens with one attached hydrogen (secondary N) is 2. The molecule has 5 nitrogen and oxygen atoms in total. The van der Waals surface area contributed by atoms with Gasteiger partial charge < -0.3 is 20.8 Å². The first-order valence-corrected chi connectivity index (χ1v) is 7.47. The second kappa shape index (κ2) is 10.4. The number of aromatic amines is 1. The van der Waals surface area contributed by atoms with Crippen molar-refractivity contribution in [3.63, 3.8) is 0 Å². The fourth-order valence-electron chi connectivity index (χ4n) is 2.16. The topological polar surface area (TPSA) is 75.4 Å². The summed E-state index contributed by atoms with van der Waals surface area (Å²) in [5.41, 5.74) is 8.19. The summed E-state index contributed by atoms with van der Waals surface area (Å²) in [6.07, 6.45) is 1.79. The molecule has 0 fully saturated rings. The molecule has 2 rings (SSSR count). The molecule has 0 atom stereocenters. The number of rotatable bonds is 8. The number of guanidine groups is 1. The first-order chi connectivity index (χ1) is 10.3. The highest BCUT2D eigenvalue weighted by Crippen LogP contribution is 2.14. The minimum atomic E-state index is 0. The third kappa shape index (κ3) is 6.23. The van der Waals surface area contributed by atoms with Crippen LogP contribution in [0.25, 0.3) is 10.9 Å². The normalized spacial score (nSPS) is 11.4. The van der Waals surface area contributed by atoms with Gasteiger partial charge in [0.15, 0.2) is 5.96 Å². The van der Waals surface area contributed by atoms with E-state index in [4.69, 9.17) is 10.5 Å². The molecule has 0 aliphatic rings. The highest BCUT2D eigenvalue weighted by molar-refractivity contribution is 14.0. The first-order valence-electron chi connectivity index (χ1n) is 7.47. The van der Waals surface area contributed by atoms with E-state index in [0.717, 1.165) is 32.6 Å². The van der Waals surface area contributed by atoms with Crippen LogP contribution < -0.4 is 11.1 Å². The van der Waals surface area contributed by atoms with E-state index < -0.39 is 0 Å². The summed E-state index contributed by atoms with van der Waals surface area (Å²) in [4.78, 5) is 7.66. The van der Waals surface area contributed by atoms with E-state index in [1.165, 1.54) is 16.6 Å². The van der Waals surface area contributed by atoms with Crippen molar-refractivity contribution in [1.82, 2.24) is 10.3 Å². The second-order valence-corrected chi connectivity index (χ2v) is 4.88. The molecule has 0 bridgehead atoms. The number of nitrogens with two attached hydrogens (primary N) is 1. The van der Waals surface area contributed by atoms with Gasteiger partial charge in [0.2, 0.25) is 0 Å². The van der Waals surface area contributed by atoms with Crippen molar-refractivity contribution in [2.24, 2.45) is 10.7 Å². The lowest BCUT2D eigenvalue weighted by Crippen LogP contribution is -2.33. The third-order valence-electron chi connectivity index (χ3n) is 3.22. The number of ether oxygens (including phenoxy) is 1. The van der Waals surface area contributed by atoms with Gasteiger partial charge in [-0.25, -0.2) is 0 Å². The quantitative estimate of drug-likeness (QED) is 0.268. The molecule has 0 amide bonds. The van der Waals surface area contributed by atoms with Crippen LogP contribution >= 0.6 is 24.0 Å². The standard InChI is InChI=1S/C16H24N4O.HI/c1-2-21-11-5-9-18-16(17)19-10-8-14-12-13-6-3-4-7-15(13)20-14;/h3-4,6-7,12,20H,2,5,8-11H2,1H3,(H3,17,18,19);1H. The van der Waals surface area contributed by atoms with Crippen LogP contribution in [0.2, 0.25) is 0 Å². The smallest absolute Gasteiger partial charge is 0.188 e. The summed E-state index contributed by atoms with van der Waals surface area (Å²) < 4.78 is 5.25. The van der Waals surface area contributed by atoms with E-state index in [0.29, 0.717) is 12.5 Å². The van der Waals surface area contributed by atoms with Gasteiger partial charge in [-0.2, -0.15) is 0 Å². The van der Waals surface area contributed by atoms with Crippen LogP contribution in [-0.4, -0.2) is 37.2 Å². The van der Waals surface area contributed by atoms with Gasteiger partial charge in [-0.1, -0.05) is 18.2 Å². The number of aromatic nitrogens is 1. The molecule has 0 saturated heterocycles. The van der Waals surface area contributed by atoms with Crippen molar-refractivity contribution in [2.75, 3.05) is 26.3 Å². The number of halogens is 1. The number of hydrogen-bond acceptors (Lipinski definition) is 2. The van der Waals surface area contributed by atoms with Crippen molar-refractivity contribution in [2.45, 2.75) is 19.8 Å². The summed E-state index contributed by atoms with van der Waals surface area (Å²) in [5, 5.41) is 4.37. The maximum absolute atomic E-state index is 5.82. The molecule has 0 aliphatic heterocycles. The molecule has 1 aromatic carbocycles. The maximum atomic E-state index is 5.82. The zero-order chi connectivity index (χ0) is 14.9. The Morgan fingerprint density at radius 1 is 1.36 bits per heavy atom. The Balaban J connectivity index is 0.00000242. The van der Waals surface area contributed by atoms with Gasteiger partial charge in [0.25, 0.3) is 0 Å². The number of fused-ring (bicyclic) bond motifs is 1. The van der Waals surface area contributed by atoms with Crippen molar-refractivity contribution < 1.29 is 4.74 Å². The van der Waals surface area contributed by atoms with Crippen LogP contribution in [0.5, 0.6) is 0 Å². The Morgan fingerprint density at radius 3 is 2.95 bits per heavy atom. The number of para-hydroxylation sites is 1. The van der Waals surface area contributed by atoms with Gasteiger partial charge in [-0.05, 0) is 30.9 Å². The van der Waals surface area contributed by atoms with Crippen molar-refractivity contribution in [3.05, 3.63) is 36.0 Å². The Morgan fingerprint density at radius 2 is 2.18 bits per heavy atom. The number of benzene rings is 1. The highest BCUT2D eigenvalue weighted by atomic mass is 127. The van der Waals surface area contributed by atoms with Crippen LogP contribution in [0.4, 0.5) is 0 Å². The molecular formula is C16H25IN4O. The predicted molar refractivity (Wildman–Crippen MR) is 103 cm³/mol. The van der Waals surface area contributed by atoms with Crippen LogP contribution in [0.3, 0.4) is 0 Å². The fraction of sp³-hybridized carbons (Fsp3) is 0.438. The molecule has 0 unspecified atom stereocenters. The second-order valence-electron chi connectivity index (χ2n) is 4.88. The number of hydrogen-bond donors (Lipinski definition) is 3. The first kappa shape index (κ1) is 18.8. The zero-order valence-corrected chi connectivity index (χ0v) is 15.3. The number of aliphatic imine (C=N–C) groups is 1. The lowest BCUT2D eigenvalue weighted by Gasteiger charge is -2.04. The Hall–Kier alpha value is -1.28. The van der Waals surface area contributed by atoms with E-state index in [1.54, 1.807) is 0 Å². The molecule has 0 spiro atoms. The molecule has 4 N–H and O–H groups in total. The molecule has 22 heavy (non-hydrogen) atoms. The van der Waals surface area contributed by atoms with E-state index >= 15 is 0 Å². The van der Waals surface area contributed by atoms with Crippen molar-refractivity contribution in [3.8, 4) is 0 Å². The Bertz CT molecular complexity index is 549. The summed E-state index contributed by atoms with van der Waals surface area (Å²) >= 11 is 0. The van der Waals surface area contributed by atoms with E-state index in [1.807, 2.05) is 19.1 Å². The van der Waals surface area contributed by atoms with Gasteiger partial charge >= 0.3 is 0 Å². The molecule has 0 saturated carbocycles. The summed E-state index contributed by atoms with van der Waals surface area (Å²) in [6.45, 7) is 4.95. The van der Waals surface area contributed by atoms with E-state index in [-0.39, 0.29) is 24.0 Å². The van der Waals surface area contributed by atoms with E-state index in [2.05, 4.69) is 33.5 Å². The fourth-order valence-corrected chi connectivity index (χ4v) is 2.16. The van der Waals surface area contributed by atoms with Crippen LogP contribution in [-0.2, 0) is 11.2 Å². The van der Waals surface area contributed by atoms with Crippen molar-refractivity contribution >= 4 is 40.8 Å². The lowest BCUT2D eigenvalue weighted by molar-refractivity contribution is 0.146. The number of H-pyrrole nitrogens is 1. The van der Waals surface area contributed by atoms with Gasteiger partial charge in [0, 0.05) is 43.9 Å². The summed E-state index contributed by atoms with van der Waals surface area (Å²) in [7, 11) is 0. The average molecular weight is 416 g/mol. The Kier molecular flexibility index (Phi) is 8.91. The molecule has 122 valence electrons. The van der Waals surface area contributed by atoms with Gasteiger partial charge in [0.1, 0.15) is 0 Å². The monoisotopic (exact) mass is 416 g/mol. The molecule has 0 aliphatic carbocycles. The minimum absolute atomic E-state index is 0. The molecular weight excluding hydrogens is 391 g/mol. The lowest BCUT2D eigenvalue weighted by atomic mass is 10.2. The zero-order valence-electron chi connectivity index (χ0n) is 13.0. The maximum Gasteiger partial charge on any atom is 0.188 e. The average Bonchev–Trinajstić information content (AvgIpc) is 2.89. The Labute approximate surface area is 148 Å². The van der Waals surface area contributed by atoms with Crippen LogP contribution in [0, 0.1) is 0 Å². The van der Waals surface area contributed by atoms with Crippen molar-refractivity contribution in [1.29, 1.82) is 0 Å². The molecule has 2 aromatic rings. The van der Waals surface area contributed by atoms with Gasteiger partial charge in [-0.15, -0.1) is 24.0 Å². The number of nitrogens with zero attached hydrogens (tertiary/aromatic N) is 1. The van der Waals surface area contributed by atoms with Crippen LogP contribution in [0.15, 0.2) is 35.3 Å². The van der Waals surface area contributed by atoms with Crippen LogP contribution in [0.1, 0.15) is 19.0 Å². The molecule has 1 aromatic heterocycles. The van der Waals surface area contributed by atoms with Gasteiger partial charge in [0.05, 0.1) is 0 Å². The molecule has 6 heteroatoms. The summed E-state index contributed by atoms with van der Waals surface area (Å²) in [5.74, 6) is 0.502. The van der Waals surface area contributed by atoms with E-state index in [9.17, 15) is 0 Å². The summed E-state index contributed by atoms with van der Waals surface area (Å²) in [6, 6.07) is 10.4. The van der Waals surface area contributed by atoms with Gasteiger partial charge in [-0.3, -0.25) is 4.99 Å². The third-order valence-corrected chi connectivity index (χ3v) is 3.22. The predicted octanol–water partition coefficient (Wildman–Crippen LogP) is 2.66. The molecule has 1 heterocycles. The highest BCUT2D eigenvalue weighted by Gasteiger charge is 2.00. The molecule has 0 radical (unpaired) electrons. The largest absolute Gasteiger partial charge is 0.382 e. The minimum Gasteiger partial charge on any atom is -0.382 e.